The molecule has 0 aliphatic heterocycles. The summed E-state index contributed by atoms with van der Waals surface area (Å²) in [4.78, 5) is 0. The van der Waals surface area contributed by atoms with Crippen molar-refractivity contribution in [3.63, 3.8) is 0 Å². The van der Waals surface area contributed by atoms with Crippen molar-refractivity contribution < 1.29 is 18.3 Å². The molecule has 0 spiro atoms. The third kappa shape index (κ3) is 3.11. The second-order valence-corrected chi connectivity index (χ2v) is 4.38. The molecule has 108 valence electrons. The highest BCUT2D eigenvalue weighted by Gasteiger charge is 2.14. The number of hydrogen-bond acceptors (Lipinski definition) is 3. The summed E-state index contributed by atoms with van der Waals surface area (Å²) in [5, 5.41) is 15.8. The van der Waals surface area contributed by atoms with Gasteiger partial charge in [-0.15, -0.1) is 0 Å². The van der Waals surface area contributed by atoms with E-state index in [1.54, 1.807) is 13.1 Å². The van der Waals surface area contributed by atoms with Crippen molar-refractivity contribution in [1.29, 1.82) is 0 Å². The number of aromatic nitrogens is 2. The van der Waals surface area contributed by atoms with Crippen LogP contribution >= 0.6 is 0 Å². The van der Waals surface area contributed by atoms with Crippen LogP contribution in [0.3, 0.4) is 0 Å². The van der Waals surface area contributed by atoms with Gasteiger partial charge in [0.15, 0.2) is 17.5 Å². The fourth-order valence-corrected chi connectivity index (χ4v) is 1.82. The van der Waals surface area contributed by atoms with Gasteiger partial charge in [0.05, 0.1) is 25.0 Å². The van der Waals surface area contributed by atoms with Crippen LogP contribution in [-0.4, -0.2) is 21.5 Å². The molecule has 0 aliphatic carbocycles. The van der Waals surface area contributed by atoms with Crippen molar-refractivity contribution in [1.82, 2.24) is 9.78 Å². The summed E-state index contributed by atoms with van der Waals surface area (Å²) >= 11 is 0. The van der Waals surface area contributed by atoms with Crippen LogP contribution in [0, 0.1) is 17.5 Å². The maximum absolute atomic E-state index is 13.2. The van der Waals surface area contributed by atoms with Crippen molar-refractivity contribution in [2.45, 2.75) is 19.5 Å². The molecule has 7 heteroatoms. The van der Waals surface area contributed by atoms with Crippen LogP contribution in [0.25, 0.3) is 0 Å². The van der Waals surface area contributed by atoms with Crippen molar-refractivity contribution in [3.8, 4) is 0 Å². The first kappa shape index (κ1) is 14.4. The van der Waals surface area contributed by atoms with Gasteiger partial charge in [-0.3, -0.25) is 4.68 Å². The summed E-state index contributed by atoms with van der Waals surface area (Å²) in [6, 6.07) is 1.48. The Balaban J connectivity index is 2.12. The second kappa shape index (κ2) is 5.96. The third-order valence-corrected chi connectivity index (χ3v) is 2.85. The largest absolute Gasteiger partial charge is 0.394 e. The van der Waals surface area contributed by atoms with Gasteiger partial charge in [0.2, 0.25) is 0 Å². The third-order valence-electron chi connectivity index (χ3n) is 2.85. The lowest BCUT2D eigenvalue weighted by Crippen LogP contribution is -2.08. The molecule has 4 nitrogen and oxygen atoms in total. The van der Waals surface area contributed by atoms with Crippen molar-refractivity contribution in [3.05, 3.63) is 47.5 Å². The summed E-state index contributed by atoms with van der Waals surface area (Å²) in [5.74, 6) is -3.91. The van der Waals surface area contributed by atoms with E-state index in [4.69, 9.17) is 5.11 Å². The monoisotopic (exact) mass is 285 g/mol. The van der Waals surface area contributed by atoms with E-state index in [1.165, 1.54) is 10.9 Å². The van der Waals surface area contributed by atoms with Crippen molar-refractivity contribution in [2.24, 2.45) is 0 Å². The van der Waals surface area contributed by atoms with Gasteiger partial charge in [0, 0.05) is 12.2 Å². The summed E-state index contributed by atoms with van der Waals surface area (Å²) in [6.07, 6.45) is 3.19. The number of rotatable bonds is 5. The average Bonchev–Trinajstić information content (AvgIpc) is 2.83. The normalized spacial score (nSPS) is 12.4. The predicted molar refractivity (Wildman–Crippen MR) is 67.7 cm³/mol. The van der Waals surface area contributed by atoms with Gasteiger partial charge in [-0.2, -0.15) is 5.10 Å². The molecule has 2 rings (SSSR count). The minimum Gasteiger partial charge on any atom is -0.394 e. The second-order valence-electron chi connectivity index (χ2n) is 4.38. The van der Waals surface area contributed by atoms with Crippen LogP contribution in [0.5, 0.6) is 0 Å². The Morgan fingerprint density at radius 1 is 1.30 bits per heavy atom. The fraction of sp³-hybridized carbons (Fsp3) is 0.308. The van der Waals surface area contributed by atoms with Gasteiger partial charge in [-0.25, -0.2) is 13.2 Å². The van der Waals surface area contributed by atoms with Crippen LogP contribution in [0.1, 0.15) is 18.5 Å². The molecule has 2 aromatic rings. The van der Waals surface area contributed by atoms with E-state index in [0.29, 0.717) is 12.2 Å². The lowest BCUT2D eigenvalue weighted by atomic mass is 10.1. The Morgan fingerprint density at radius 2 is 1.95 bits per heavy atom. The lowest BCUT2D eigenvalue weighted by molar-refractivity contribution is 0.269. The van der Waals surface area contributed by atoms with Gasteiger partial charge in [-0.1, -0.05) is 0 Å². The van der Waals surface area contributed by atoms with Gasteiger partial charge >= 0.3 is 0 Å². The molecule has 1 unspecified atom stereocenters. The highest BCUT2D eigenvalue weighted by Crippen LogP contribution is 2.22. The van der Waals surface area contributed by atoms with Gasteiger partial charge in [-0.05, 0) is 24.6 Å². The standard InChI is InChI=1S/C13H14F3N3O/c1-8(9-4-11(14)13(16)12(15)5-9)18-10-6-17-19(7-10)2-3-20/h4-8,18,20H,2-3H2,1H3. The molecule has 1 atom stereocenters. The van der Waals surface area contributed by atoms with Crippen LogP contribution < -0.4 is 5.32 Å². The zero-order valence-corrected chi connectivity index (χ0v) is 10.8. The zero-order valence-electron chi connectivity index (χ0n) is 10.8. The van der Waals surface area contributed by atoms with Gasteiger partial charge in [0.1, 0.15) is 0 Å². The van der Waals surface area contributed by atoms with E-state index < -0.39 is 23.5 Å². The summed E-state index contributed by atoms with van der Waals surface area (Å²) in [6.45, 7) is 2.01. The van der Waals surface area contributed by atoms with Crippen LogP contribution in [-0.2, 0) is 6.54 Å². The number of benzene rings is 1. The first-order chi connectivity index (χ1) is 9.51. The van der Waals surface area contributed by atoms with E-state index >= 15 is 0 Å². The minimum atomic E-state index is -1.48. The van der Waals surface area contributed by atoms with Gasteiger partial charge in [0.25, 0.3) is 0 Å². The zero-order chi connectivity index (χ0) is 14.7. The van der Waals surface area contributed by atoms with Crippen molar-refractivity contribution >= 4 is 5.69 Å². The number of anilines is 1. The number of nitrogens with zero attached hydrogens (tertiary/aromatic N) is 2. The Kier molecular flexibility index (Phi) is 4.29. The smallest absolute Gasteiger partial charge is 0.194 e. The average molecular weight is 285 g/mol. The highest BCUT2D eigenvalue weighted by molar-refractivity contribution is 5.41. The number of halogens is 3. The number of aliphatic hydroxyl groups is 1. The number of nitrogens with one attached hydrogen (secondary N) is 1. The number of hydrogen-bond donors (Lipinski definition) is 2. The maximum atomic E-state index is 13.2. The Hall–Kier alpha value is -2.02. The summed E-state index contributed by atoms with van der Waals surface area (Å²) in [7, 11) is 0. The Bertz CT molecular complexity index is 577. The summed E-state index contributed by atoms with van der Waals surface area (Å²) in [5.41, 5.74) is 0.924. The van der Waals surface area contributed by atoms with Gasteiger partial charge < -0.3 is 10.4 Å². The molecule has 2 N–H and O–H groups in total. The highest BCUT2D eigenvalue weighted by atomic mass is 19.2. The molecule has 0 fully saturated rings. The topological polar surface area (TPSA) is 50.1 Å². The molecule has 1 heterocycles. The molecular weight excluding hydrogens is 271 g/mol. The van der Waals surface area contributed by atoms with E-state index in [0.717, 1.165) is 12.1 Å². The van der Waals surface area contributed by atoms with E-state index in [1.807, 2.05) is 0 Å². The molecular formula is C13H14F3N3O. The predicted octanol–water partition coefficient (Wildman–Crippen LogP) is 2.47. The Morgan fingerprint density at radius 3 is 2.55 bits per heavy atom. The van der Waals surface area contributed by atoms with Crippen LogP contribution in [0.4, 0.5) is 18.9 Å². The summed E-state index contributed by atoms with van der Waals surface area (Å²) < 4.78 is 40.7. The lowest BCUT2D eigenvalue weighted by Gasteiger charge is -2.14. The molecule has 1 aromatic carbocycles. The molecule has 1 aromatic heterocycles. The quantitative estimate of drug-likeness (QED) is 0.830. The van der Waals surface area contributed by atoms with E-state index in [-0.39, 0.29) is 12.2 Å². The molecule has 0 saturated carbocycles. The molecule has 0 amide bonds. The molecule has 20 heavy (non-hydrogen) atoms. The first-order valence-corrected chi connectivity index (χ1v) is 6.05. The SMILES string of the molecule is CC(Nc1cnn(CCO)c1)c1cc(F)c(F)c(F)c1. The van der Waals surface area contributed by atoms with Crippen LogP contribution in [0.2, 0.25) is 0 Å². The van der Waals surface area contributed by atoms with E-state index in [2.05, 4.69) is 10.4 Å². The number of aliphatic hydroxyl groups excluding tert-OH is 1. The molecule has 0 aliphatic rings. The van der Waals surface area contributed by atoms with E-state index in [9.17, 15) is 13.2 Å². The first-order valence-electron chi connectivity index (χ1n) is 6.05. The van der Waals surface area contributed by atoms with Crippen molar-refractivity contribution in [2.75, 3.05) is 11.9 Å². The van der Waals surface area contributed by atoms with Crippen LogP contribution in [0.15, 0.2) is 24.5 Å². The fourth-order valence-electron chi connectivity index (χ4n) is 1.82. The molecule has 0 bridgehead atoms. The molecule has 0 radical (unpaired) electrons. The minimum absolute atomic E-state index is 0.0366. The maximum Gasteiger partial charge on any atom is 0.194 e. The Labute approximate surface area is 113 Å². The molecule has 0 saturated heterocycles.